The number of halogens is 1. The molecule has 0 spiro atoms. The van der Waals surface area contributed by atoms with Crippen molar-refractivity contribution in [2.45, 2.75) is 39.5 Å². The molecule has 112 valence electrons. The Kier molecular flexibility index (Phi) is 4.50. The molecular weight excluding hydrogens is 267 g/mol. The number of hydrogen-bond donors (Lipinski definition) is 1. The van der Waals surface area contributed by atoms with E-state index in [4.69, 9.17) is 0 Å². The van der Waals surface area contributed by atoms with Crippen molar-refractivity contribution in [2.75, 3.05) is 11.9 Å². The largest absolute Gasteiger partial charge is 0.370 e. The van der Waals surface area contributed by atoms with Crippen LogP contribution in [0.15, 0.2) is 24.5 Å². The van der Waals surface area contributed by atoms with Crippen LogP contribution < -0.4 is 5.32 Å². The molecule has 2 aromatic heterocycles. The van der Waals surface area contributed by atoms with Crippen molar-refractivity contribution in [1.82, 2.24) is 15.0 Å². The smallest absolute Gasteiger partial charge is 0.150 e. The molecule has 0 amide bonds. The molecule has 0 atom stereocenters. The van der Waals surface area contributed by atoms with Crippen LogP contribution in [0.4, 0.5) is 10.2 Å². The van der Waals surface area contributed by atoms with Crippen molar-refractivity contribution in [3.8, 4) is 11.3 Å². The molecule has 0 aliphatic rings. The van der Waals surface area contributed by atoms with E-state index >= 15 is 0 Å². The SMILES string of the molecule is CCCNc1cc(-c2ccncc2F)nc(C(C)(C)C)n1. The van der Waals surface area contributed by atoms with E-state index in [0.717, 1.165) is 18.8 Å². The molecule has 0 saturated carbocycles. The highest BCUT2D eigenvalue weighted by molar-refractivity contribution is 5.62. The maximum atomic E-state index is 13.9. The number of nitrogens with one attached hydrogen (secondary N) is 1. The highest BCUT2D eigenvalue weighted by Crippen LogP contribution is 2.26. The fourth-order valence-electron chi connectivity index (χ4n) is 1.85. The summed E-state index contributed by atoms with van der Waals surface area (Å²) >= 11 is 0. The summed E-state index contributed by atoms with van der Waals surface area (Å²) in [6, 6.07) is 3.41. The zero-order valence-corrected chi connectivity index (χ0v) is 12.9. The van der Waals surface area contributed by atoms with Crippen LogP contribution in [0.5, 0.6) is 0 Å². The van der Waals surface area contributed by atoms with E-state index in [-0.39, 0.29) is 11.2 Å². The summed E-state index contributed by atoms with van der Waals surface area (Å²) in [5.74, 6) is 1.04. The van der Waals surface area contributed by atoms with Gasteiger partial charge in [0, 0.05) is 29.8 Å². The fraction of sp³-hybridized carbons (Fsp3) is 0.438. The molecule has 0 unspecified atom stereocenters. The maximum Gasteiger partial charge on any atom is 0.150 e. The van der Waals surface area contributed by atoms with Gasteiger partial charge in [0.1, 0.15) is 11.6 Å². The molecule has 2 heterocycles. The molecule has 0 aliphatic carbocycles. The third-order valence-corrected chi connectivity index (χ3v) is 3.00. The van der Waals surface area contributed by atoms with E-state index in [1.54, 1.807) is 18.3 Å². The minimum Gasteiger partial charge on any atom is -0.370 e. The van der Waals surface area contributed by atoms with Crippen LogP contribution >= 0.6 is 0 Å². The van der Waals surface area contributed by atoms with Gasteiger partial charge < -0.3 is 5.32 Å². The molecule has 2 rings (SSSR count). The number of rotatable bonds is 4. The summed E-state index contributed by atoms with van der Waals surface area (Å²) in [7, 11) is 0. The number of hydrogen-bond acceptors (Lipinski definition) is 4. The summed E-state index contributed by atoms with van der Waals surface area (Å²) < 4.78 is 13.9. The zero-order valence-electron chi connectivity index (χ0n) is 12.9. The molecule has 0 saturated heterocycles. The second-order valence-electron chi connectivity index (χ2n) is 5.99. The summed E-state index contributed by atoms with van der Waals surface area (Å²) in [5, 5.41) is 3.25. The van der Waals surface area contributed by atoms with Crippen molar-refractivity contribution in [1.29, 1.82) is 0 Å². The van der Waals surface area contributed by atoms with Crippen molar-refractivity contribution in [3.63, 3.8) is 0 Å². The Morgan fingerprint density at radius 1 is 1.24 bits per heavy atom. The second kappa shape index (κ2) is 6.16. The predicted octanol–water partition coefficient (Wildman–Crippen LogP) is 3.80. The molecular formula is C16H21FN4. The van der Waals surface area contributed by atoms with Gasteiger partial charge in [-0.2, -0.15) is 0 Å². The summed E-state index contributed by atoms with van der Waals surface area (Å²) in [4.78, 5) is 12.8. The normalized spacial score (nSPS) is 11.5. The lowest BCUT2D eigenvalue weighted by Crippen LogP contribution is -2.18. The number of anilines is 1. The molecule has 21 heavy (non-hydrogen) atoms. The Balaban J connectivity index is 2.52. The van der Waals surface area contributed by atoms with Gasteiger partial charge in [-0.05, 0) is 12.5 Å². The molecule has 0 bridgehead atoms. The van der Waals surface area contributed by atoms with Gasteiger partial charge in [-0.1, -0.05) is 27.7 Å². The van der Waals surface area contributed by atoms with Crippen LogP contribution in [0.25, 0.3) is 11.3 Å². The minimum absolute atomic E-state index is 0.206. The molecule has 4 nitrogen and oxygen atoms in total. The lowest BCUT2D eigenvalue weighted by molar-refractivity contribution is 0.546. The first-order chi connectivity index (χ1) is 9.91. The highest BCUT2D eigenvalue weighted by Gasteiger charge is 2.20. The first kappa shape index (κ1) is 15.4. The molecule has 2 aromatic rings. The molecule has 0 fully saturated rings. The Morgan fingerprint density at radius 3 is 2.62 bits per heavy atom. The van der Waals surface area contributed by atoms with Gasteiger partial charge in [-0.15, -0.1) is 0 Å². The van der Waals surface area contributed by atoms with Crippen LogP contribution in [0.3, 0.4) is 0 Å². The third-order valence-electron chi connectivity index (χ3n) is 3.00. The van der Waals surface area contributed by atoms with E-state index < -0.39 is 0 Å². The Labute approximate surface area is 124 Å². The predicted molar refractivity (Wildman–Crippen MR) is 82.7 cm³/mol. The van der Waals surface area contributed by atoms with Crippen LogP contribution in [0.1, 0.15) is 39.9 Å². The van der Waals surface area contributed by atoms with Gasteiger partial charge >= 0.3 is 0 Å². The summed E-state index contributed by atoms with van der Waals surface area (Å²) in [5.41, 5.74) is 0.813. The molecule has 0 aliphatic heterocycles. The Hall–Kier alpha value is -2.04. The first-order valence-electron chi connectivity index (χ1n) is 7.15. The van der Waals surface area contributed by atoms with Crippen molar-refractivity contribution >= 4 is 5.82 Å². The molecule has 0 aromatic carbocycles. The lowest BCUT2D eigenvalue weighted by atomic mass is 9.95. The van der Waals surface area contributed by atoms with Crippen molar-refractivity contribution in [3.05, 3.63) is 36.2 Å². The van der Waals surface area contributed by atoms with Crippen LogP contribution in [0.2, 0.25) is 0 Å². The third kappa shape index (κ3) is 3.74. The van der Waals surface area contributed by atoms with Gasteiger partial charge in [0.15, 0.2) is 5.82 Å². The average molecular weight is 288 g/mol. The monoisotopic (exact) mass is 288 g/mol. The molecule has 0 radical (unpaired) electrons. The number of pyridine rings is 1. The lowest BCUT2D eigenvalue weighted by Gasteiger charge is -2.19. The van der Waals surface area contributed by atoms with Crippen LogP contribution in [0, 0.1) is 5.82 Å². The molecule has 5 heteroatoms. The molecule has 1 N–H and O–H groups in total. The quantitative estimate of drug-likeness (QED) is 0.929. The Bertz CT molecular complexity index is 620. The van der Waals surface area contributed by atoms with E-state index in [1.807, 2.05) is 20.8 Å². The summed E-state index contributed by atoms with van der Waals surface area (Å²) in [6.45, 7) is 9.02. The fourth-order valence-corrected chi connectivity index (χ4v) is 1.85. The average Bonchev–Trinajstić information content (AvgIpc) is 2.44. The topological polar surface area (TPSA) is 50.7 Å². The maximum absolute atomic E-state index is 13.9. The second-order valence-corrected chi connectivity index (χ2v) is 5.99. The number of aromatic nitrogens is 3. The van der Waals surface area contributed by atoms with Gasteiger partial charge in [-0.25, -0.2) is 14.4 Å². The van der Waals surface area contributed by atoms with Crippen molar-refractivity contribution in [2.24, 2.45) is 0 Å². The highest BCUT2D eigenvalue weighted by atomic mass is 19.1. The summed E-state index contributed by atoms with van der Waals surface area (Å²) in [6.07, 6.45) is 3.76. The zero-order chi connectivity index (χ0) is 15.5. The van der Waals surface area contributed by atoms with Gasteiger partial charge in [0.05, 0.1) is 11.9 Å². The van der Waals surface area contributed by atoms with Gasteiger partial charge in [0.25, 0.3) is 0 Å². The number of nitrogens with zero attached hydrogens (tertiary/aromatic N) is 3. The Morgan fingerprint density at radius 2 is 2.00 bits per heavy atom. The van der Waals surface area contributed by atoms with Gasteiger partial charge in [0.2, 0.25) is 0 Å². The van der Waals surface area contributed by atoms with Crippen LogP contribution in [-0.4, -0.2) is 21.5 Å². The van der Waals surface area contributed by atoms with Crippen LogP contribution in [-0.2, 0) is 5.41 Å². The van der Waals surface area contributed by atoms with E-state index in [9.17, 15) is 4.39 Å². The van der Waals surface area contributed by atoms with E-state index in [2.05, 4.69) is 27.2 Å². The van der Waals surface area contributed by atoms with Crippen molar-refractivity contribution < 1.29 is 4.39 Å². The van der Waals surface area contributed by atoms with E-state index in [1.165, 1.54) is 6.20 Å². The minimum atomic E-state index is -0.377. The first-order valence-corrected chi connectivity index (χ1v) is 7.15. The standard InChI is InChI=1S/C16H21FN4/c1-5-7-19-14-9-13(11-6-8-18-10-12(11)17)20-15(21-14)16(2,3)4/h6,8-10H,5,7H2,1-4H3,(H,19,20,21). The van der Waals surface area contributed by atoms with Gasteiger partial charge in [-0.3, -0.25) is 4.98 Å². The van der Waals surface area contributed by atoms with E-state index in [0.29, 0.717) is 17.1 Å².